The largest absolute Gasteiger partial charge is 0.378 e. The Bertz CT molecular complexity index is 992. The number of nitrogens with zero attached hydrogens (tertiary/aromatic N) is 3. The highest BCUT2D eigenvalue weighted by molar-refractivity contribution is 8.19. The zero-order valence-electron chi connectivity index (χ0n) is 15.1. The van der Waals surface area contributed by atoms with E-state index in [1.807, 2.05) is 43.3 Å². The summed E-state index contributed by atoms with van der Waals surface area (Å²) in [7, 11) is 0.0969. The second-order valence-electron chi connectivity index (χ2n) is 5.93. The first-order chi connectivity index (χ1) is 12.8. The zero-order chi connectivity index (χ0) is 19.6. The van der Waals surface area contributed by atoms with E-state index >= 15 is 0 Å². The van der Waals surface area contributed by atoms with Crippen LogP contribution in [0.2, 0.25) is 0 Å². The quantitative estimate of drug-likeness (QED) is 0.691. The summed E-state index contributed by atoms with van der Waals surface area (Å²) in [5.74, 6) is -0.237. The standard InChI is InChI=1S/C18H19N3O3S3/c1-4-21-17(22)15(12-13-7-9-14(10-8-13)20(2)3)26-18(21)19-27(23,24)16-6-5-11-25-16/h5-12H,4H2,1-3H3/b15-12-,19-18?. The summed E-state index contributed by atoms with van der Waals surface area (Å²) in [5, 5.41) is 1.87. The first-order valence-corrected chi connectivity index (χ1v) is 11.3. The Hall–Kier alpha value is -2.10. The number of thiophene rings is 1. The van der Waals surface area contributed by atoms with E-state index in [1.165, 1.54) is 11.0 Å². The Morgan fingerprint density at radius 2 is 1.89 bits per heavy atom. The number of sulfonamides is 1. The lowest BCUT2D eigenvalue weighted by Gasteiger charge is -2.12. The summed E-state index contributed by atoms with van der Waals surface area (Å²) in [5.41, 5.74) is 1.93. The van der Waals surface area contributed by atoms with E-state index in [2.05, 4.69) is 4.40 Å². The smallest absolute Gasteiger partial charge is 0.294 e. The molecule has 0 spiro atoms. The van der Waals surface area contributed by atoms with Crippen molar-refractivity contribution in [2.75, 3.05) is 25.5 Å². The lowest BCUT2D eigenvalue weighted by atomic mass is 10.2. The van der Waals surface area contributed by atoms with Gasteiger partial charge in [-0.15, -0.1) is 15.7 Å². The second kappa shape index (κ2) is 7.87. The number of amidine groups is 1. The van der Waals surface area contributed by atoms with Gasteiger partial charge in [0.25, 0.3) is 15.9 Å². The highest BCUT2D eigenvalue weighted by Crippen LogP contribution is 2.34. The number of amides is 1. The van der Waals surface area contributed by atoms with Crippen LogP contribution in [0, 0.1) is 0 Å². The normalized spacial score (nSPS) is 17.9. The van der Waals surface area contributed by atoms with Crippen LogP contribution in [0.1, 0.15) is 12.5 Å². The van der Waals surface area contributed by atoms with Crippen LogP contribution in [-0.4, -0.2) is 45.0 Å². The van der Waals surface area contributed by atoms with Gasteiger partial charge in [0, 0.05) is 26.3 Å². The highest BCUT2D eigenvalue weighted by Gasteiger charge is 2.34. The third-order valence-corrected chi connectivity index (χ3v) is 7.62. The molecule has 1 saturated heterocycles. The summed E-state index contributed by atoms with van der Waals surface area (Å²) < 4.78 is 28.9. The number of benzene rings is 1. The molecule has 0 saturated carbocycles. The molecule has 0 radical (unpaired) electrons. The molecule has 0 unspecified atom stereocenters. The second-order valence-corrected chi connectivity index (χ2v) is 9.71. The van der Waals surface area contributed by atoms with Crippen LogP contribution < -0.4 is 4.90 Å². The van der Waals surface area contributed by atoms with E-state index in [9.17, 15) is 13.2 Å². The summed E-state index contributed by atoms with van der Waals surface area (Å²) in [6.07, 6.45) is 1.76. The van der Waals surface area contributed by atoms with Gasteiger partial charge in [0.2, 0.25) is 0 Å². The number of hydrogen-bond acceptors (Lipinski definition) is 6. The van der Waals surface area contributed by atoms with Crippen molar-refractivity contribution in [2.24, 2.45) is 4.40 Å². The molecule has 27 heavy (non-hydrogen) atoms. The molecular weight excluding hydrogens is 402 g/mol. The molecule has 2 aromatic rings. The van der Waals surface area contributed by atoms with Crippen molar-refractivity contribution in [2.45, 2.75) is 11.1 Å². The van der Waals surface area contributed by atoms with Gasteiger partial charge in [-0.3, -0.25) is 9.69 Å². The Morgan fingerprint density at radius 1 is 1.19 bits per heavy atom. The topological polar surface area (TPSA) is 70.1 Å². The van der Waals surface area contributed by atoms with Gasteiger partial charge in [-0.25, -0.2) is 0 Å². The van der Waals surface area contributed by atoms with Crippen LogP contribution in [0.15, 0.2) is 55.3 Å². The van der Waals surface area contributed by atoms with Gasteiger partial charge in [-0.2, -0.15) is 8.42 Å². The molecule has 2 heterocycles. The maximum atomic E-state index is 12.7. The zero-order valence-corrected chi connectivity index (χ0v) is 17.6. The number of anilines is 1. The lowest BCUT2D eigenvalue weighted by molar-refractivity contribution is -0.122. The predicted molar refractivity (Wildman–Crippen MR) is 113 cm³/mol. The van der Waals surface area contributed by atoms with Crippen molar-refractivity contribution >= 4 is 56.0 Å². The molecule has 0 aliphatic carbocycles. The molecule has 1 aromatic carbocycles. The molecule has 1 aromatic heterocycles. The van der Waals surface area contributed by atoms with Gasteiger partial charge in [0.1, 0.15) is 4.21 Å². The van der Waals surface area contributed by atoms with Crippen molar-refractivity contribution in [1.82, 2.24) is 4.90 Å². The van der Waals surface area contributed by atoms with Crippen LogP contribution in [0.3, 0.4) is 0 Å². The fraction of sp³-hybridized carbons (Fsp3) is 0.222. The fourth-order valence-electron chi connectivity index (χ4n) is 2.43. The van der Waals surface area contributed by atoms with Gasteiger partial charge >= 0.3 is 0 Å². The first-order valence-electron chi connectivity index (χ1n) is 8.19. The monoisotopic (exact) mass is 421 g/mol. The van der Waals surface area contributed by atoms with Crippen molar-refractivity contribution in [3.05, 3.63) is 52.2 Å². The minimum Gasteiger partial charge on any atom is -0.378 e. The van der Waals surface area contributed by atoms with Crippen molar-refractivity contribution in [3.8, 4) is 0 Å². The van der Waals surface area contributed by atoms with Crippen molar-refractivity contribution in [3.63, 3.8) is 0 Å². The van der Waals surface area contributed by atoms with Gasteiger partial charge in [-0.1, -0.05) is 18.2 Å². The van der Waals surface area contributed by atoms with E-state index in [0.29, 0.717) is 11.4 Å². The number of hydrogen-bond donors (Lipinski definition) is 0. The molecule has 0 atom stereocenters. The first kappa shape index (κ1) is 19.7. The highest BCUT2D eigenvalue weighted by atomic mass is 32.2. The number of carbonyl (C=O) groups excluding carboxylic acids is 1. The molecule has 9 heteroatoms. The van der Waals surface area contributed by atoms with Gasteiger partial charge in [0.05, 0.1) is 4.91 Å². The minimum absolute atomic E-state index is 0.163. The number of rotatable bonds is 5. The summed E-state index contributed by atoms with van der Waals surface area (Å²) in [4.78, 5) is 16.5. The molecular formula is C18H19N3O3S3. The van der Waals surface area contributed by atoms with Crippen LogP contribution >= 0.6 is 23.1 Å². The molecule has 1 amide bonds. The Balaban J connectivity index is 1.91. The molecule has 1 aliphatic rings. The van der Waals surface area contributed by atoms with Gasteiger partial charge in [0.15, 0.2) is 5.17 Å². The Kier molecular flexibility index (Phi) is 5.73. The predicted octanol–water partition coefficient (Wildman–Crippen LogP) is 3.50. The van der Waals surface area contributed by atoms with E-state index in [4.69, 9.17) is 0 Å². The summed E-state index contributed by atoms with van der Waals surface area (Å²) >= 11 is 2.19. The molecule has 0 N–H and O–H groups in total. The van der Waals surface area contributed by atoms with Gasteiger partial charge in [-0.05, 0) is 53.9 Å². The molecule has 1 fully saturated rings. The van der Waals surface area contributed by atoms with Crippen LogP contribution in [0.4, 0.5) is 5.69 Å². The molecule has 3 rings (SSSR count). The minimum atomic E-state index is -3.82. The summed E-state index contributed by atoms with van der Waals surface area (Å²) in [6.45, 7) is 2.14. The molecule has 142 valence electrons. The maximum absolute atomic E-state index is 12.7. The Labute approximate surface area is 167 Å². The van der Waals surface area contributed by atoms with Gasteiger partial charge < -0.3 is 4.90 Å². The third-order valence-electron chi connectivity index (χ3n) is 3.86. The molecule has 0 bridgehead atoms. The Morgan fingerprint density at radius 3 is 2.44 bits per heavy atom. The SMILES string of the molecule is CCN1C(=O)/C(=C/c2ccc(N(C)C)cc2)SC1=NS(=O)(=O)c1cccs1. The summed E-state index contributed by atoms with van der Waals surface area (Å²) in [6, 6.07) is 10.9. The van der Waals surface area contributed by atoms with Crippen molar-refractivity contribution in [1.29, 1.82) is 0 Å². The number of likely N-dealkylation sites (N-methyl/N-ethyl adjacent to an activating group) is 1. The molecule has 1 aliphatic heterocycles. The van der Waals surface area contributed by atoms with Crippen LogP contribution in [-0.2, 0) is 14.8 Å². The lowest BCUT2D eigenvalue weighted by Crippen LogP contribution is -2.29. The molecule has 6 nitrogen and oxygen atoms in total. The van der Waals surface area contributed by atoms with E-state index < -0.39 is 10.0 Å². The average molecular weight is 422 g/mol. The fourth-order valence-corrected chi connectivity index (χ4v) is 5.65. The van der Waals surface area contributed by atoms with E-state index in [0.717, 1.165) is 34.3 Å². The van der Waals surface area contributed by atoms with Crippen LogP contribution in [0.25, 0.3) is 6.08 Å². The maximum Gasteiger partial charge on any atom is 0.294 e. The number of thioether (sulfide) groups is 1. The van der Waals surface area contributed by atoms with E-state index in [-0.39, 0.29) is 15.3 Å². The average Bonchev–Trinajstić information content (AvgIpc) is 3.25. The number of carbonyl (C=O) groups is 1. The van der Waals surface area contributed by atoms with E-state index in [1.54, 1.807) is 24.4 Å². The third kappa shape index (κ3) is 4.26. The van der Waals surface area contributed by atoms with Crippen LogP contribution in [0.5, 0.6) is 0 Å². The van der Waals surface area contributed by atoms with Crippen molar-refractivity contribution < 1.29 is 13.2 Å².